The third kappa shape index (κ3) is 4.39. The van der Waals surface area contributed by atoms with Crippen molar-refractivity contribution in [2.75, 3.05) is 6.61 Å². The van der Waals surface area contributed by atoms with E-state index >= 15 is 0 Å². The van der Waals surface area contributed by atoms with Gasteiger partial charge in [0.05, 0.1) is 18.2 Å². The third-order valence-corrected chi connectivity index (χ3v) is 6.76. The van der Waals surface area contributed by atoms with Gasteiger partial charge in [0.1, 0.15) is 23.0 Å². The number of aromatic nitrogens is 1. The number of amides is 1. The summed E-state index contributed by atoms with van der Waals surface area (Å²) in [6.07, 6.45) is 4.00. The fourth-order valence-electron chi connectivity index (χ4n) is 4.94. The quantitative estimate of drug-likeness (QED) is 0.214. The van der Waals surface area contributed by atoms with E-state index in [9.17, 15) is 14.7 Å². The Morgan fingerprint density at radius 1 is 0.947 bits per heavy atom. The summed E-state index contributed by atoms with van der Waals surface area (Å²) >= 11 is 0. The zero-order valence-corrected chi connectivity index (χ0v) is 20.4. The van der Waals surface area contributed by atoms with Crippen LogP contribution < -0.4 is 9.47 Å². The van der Waals surface area contributed by atoms with Crippen molar-refractivity contribution in [2.45, 2.75) is 19.0 Å². The molecule has 1 N–H and O–H groups in total. The average molecular weight is 505 g/mol. The maximum atomic E-state index is 13.4. The Kier molecular flexibility index (Phi) is 6.09. The number of ether oxygens (including phenoxy) is 2. The Hall–Kier alpha value is -4.91. The molecular formula is C31H24N2O5. The van der Waals surface area contributed by atoms with Crippen molar-refractivity contribution < 1.29 is 24.2 Å². The maximum Gasteiger partial charge on any atom is 0.295 e. The van der Waals surface area contributed by atoms with Crippen LogP contribution in [0.15, 0.2) is 103 Å². The molecule has 38 heavy (non-hydrogen) atoms. The number of nitrogens with zero attached hydrogens (tertiary/aromatic N) is 2. The molecule has 6 rings (SSSR count). The van der Waals surface area contributed by atoms with Gasteiger partial charge in [-0.15, -0.1) is 0 Å². The molecule has 4 aromatic rings. The lowest BCUT2D eigenvalue weighted by atomic mass is 9.94. The molecule has 2 aliphatic heterocycles. The van der Waals surface area contributed by atoms with Crippen LogP contribution in [-0.4, -0.2) is 33.3 Å². The first-order chi connectivity index (χ1) is 18.6. The van der Waals surface area contributed by atoms with Gasteiger partial charge >= 0.3 is 0 Å². The topological polar surface area (TPSA) is 89.0 Å². The highest BCUT2D eigenvalue weighted by Gasteiger charge is 2.46. The number of carbonyl (C=O) groups excluding carboxylic acids is 2. The van der Waals surface area contributed by atoms with Gasteiger partial charge < -0.3 is 19.5 Å². The number of hydrogen-bond acceptors (Lipinski definition) is 6. The average Bonchev–Trinajstić information content (AvgIpc) is 3.52. The van der Waals surface area contributed by atoms with Crippen LogP contribution in [0.3, 0.4) is 0 Å². The molecule has 0 radical (unpaired) electrons. The number of benzene rings is 3. The highest BCUT2D eigenvalue weighted by atomic mass is 16.5. The molecule has 1 atom stereocenters. The Bertz CT molecular complexity index is 1550. The molecule has 7 heteroatoms. The van der Waals surface area contributed by atoms with Crippen LogP contribution in [0, 0.1) is 0 Å². The fraction of sp³-hybridized carbons (Fsp3) is 0.129. The number of aliphatic hydroxyl groups excluding tert-OH is 1. The molecule has 3 aromatic carbocycles. The Balaban J connectivity index is 1.45. The lowest BCUT2D eigenvalue weighted by molar-refractivity contribution is -0.140. The second-order valence-corrected chi connectivity index (χ2v) is 9.19. The second-order valence-electron chi connectivity index (χ2n) is 9.19. The second kappa shape index (κ2) is 9.86. The van der Waals surface area contributed by atoms with Crippen molar-refractivity contribution >= 4 is 17.4 Å². The zero-order valence-electron chi connectivity index (χ0n) is 20.4. The third-order valence-electron chi connectivity index (χ3n) is 6.76. The minimum atomic E-state index is -0.813. The van der Waals surface area contributed by atoms with E-state index in [1.807, 2.05) is 54.6 Å². The van der Waals surface area contributed by atoms with Gasteiger partial charge in [-0.2, -0.15) is 0 Å². The van der Waals surface area contributed by atoms with E-state index in [1.54, 1.807) is 42.7 Å². The number of aliphatic hydroxyl groups is 1. The molecule has 0 saturated carbocycles. The molecule has 2 aliphatic rings. The van der Waals surface area contributed by atoms with Crippen LogP contribution in [-0.2, 0) is 22.6 Å². The molecule has 1 saturated heterocycles. The first-order valence-electron chi connectivity index (χ1n) is 12.3. The summed E-state index contributed by atoms with van der Waals surface area (Å²) in [6, 6.07) is 24.7. The predicted molar refractivity (Wildman–Crippen MR) is 141 cm³/mol. The Morgan fingerprint density at radius 2 is 1.74 bits per heavy atom. The minimum Gasteiger partial charge on any atom is -0.507 e. The van der Waals surface area contributed by atoms with Gasteiger partial charge in [0.15, 0.2) is 0 Å². The molecule has 1 amide bonds. The summed E-state index contributed by atoms with van der Waals surface area (Å²) in [5, 5.41) is 11.5. The molecule has 0 aliphatic carbocycles. The zero-order chi connectivity index (χ0) is 26.1. The monoisotopic (exact) mass is 504 g/mol. The highest BCUT2D eigenvalue weighted by Crippen LogP contribution is 2.42. The number of rotatable bonds is 6. The molecular weight excluding hydrogens is 480 g/mol. The van der Waals surface area contributed by atoms with Gasteiger partial charge in [-0.05, 0) is 71.3 Å². The summed E-state index contributed by atoms with van der Waals surface area (Å²) in [6.45, 7) is 0.750. The van der Waals surface area contributed by atoms with Gasteiger partial charge in [0, 0.05) is 30.9 Å². The SMILES string of the molecule is O=C1C(=O)N(Cc2ccncc2)C(c2cccc(Oc3ccccc3)c2)/C1=C(/O)c1ccc2c(c1)CCO2. The lowest BCUT2D eigenvalue weighted by Gasteiger charge is -2.26. The molecule has 0 bridgehead atoms. The summed E-state index contributed by atoms with van der Waals surface area (Å²) in [5.41, 5.74) is 2.93. The number of ketones is 1. The van der Waals surface area contributed by atoms with E-state index in [1.165, 1.54) is 4.90 Å². The molecule has 0 spiro atoms. The number of para-hydroxylation sites is 1. The molecule has 1 fully saturated rings. The standard InChI is InChI=1S/C31H24N2O5/c34-29(23-9-10-26-21(17-23)13-16-37-26)27-28(33(31(36)30(27)35)19-20-11-14-32-15-12-20)22-5-4-8-25(18-22)38-24-6-2-1-3-7-24/h1-12,14-15,17-18,28,34H,13,16,19H2/b29-27-. The summed E-state index contributed by atoms with van der Waals surface area (Å²) in [7, 11) is 0. The van der Waals surface area contributed by atoms with Crippen LogP contribution in [0.1, 0.15) is 28.3 Å². The number of Topliss-reactive ketones (excluding diaryl/α,β-unsaturated/α-hetero) is 1. The van der Waals surface area contributed by atoms with E-state index in [0.29, 0.717) is 29.2 Å². The number of carbonyl (C=O) groups is 2. The van der Waals surface area contributed by atoms with Crippen LogP contribution in [0.5, 0.6) is 17.2 Å². The number of likely N-dealkylation sites (tertiary alicyclic amines) is 1. The first-order valence-corrected chi connectivity index (χ1v) is 12.3. The van der Waals surface area contributed by atoms with Gasteiger partial charge in [-0.1, -0.05) is 30.3 Å². The van der Waals surface area contributed by atoms with E-state index in [2.05, 4.69) is 4.98 Å². The van der Waals surface area contributed by atoms with Gasteiger partial charge in [0.25, 0.3) is 11.7 Å². The number of hydrogen-bond donors (Lipinski definition) is 1. The van der Waals surface area contributed by atoms with E-state index in [0.717, 1.165) is 23.3 Å². The van der Waals surface area contributed by atoms with Crippen LogP contribution in [0.2, 0.25) is 0 Å². The van der Waals surface area contributed by atoms with Crippen molar-refractivity contribution in [3.63, 3.8) is 0 Å². The van der Waals surface area contributed by atoms with E-state index in [4.69, 9.17) is 9.47 Å². The molecule has 7 nitrogen and oxygen atoms in total. The summed E-state index contributed by atoms with van der Waals surface area (Å²) in [4.78, 5) is 32.3. The lowest BCUT2D eigenvalue weighted by Crippen LogP contribution is -2.29. The van der Waals surface area contributed by atoms with Crippen molar-refractivity contribution in [2.24, 2.45) is 0 Å². The van der Waals surface area contributed by atoms with E-state index < -0.39 is 17.7 Å². The van der Waals surface area contributed by atoms with Crippen molar-refractivity contribution in [1.82, 2.24) is 9.88 Å². The molecule has 188 valence electrons. The summed E-state index contributed by atoms with van der Waals surface area (Å²) < 4.78 is 11.6. The molecule has 3 heterocycles. The van der Waals surface area contributed by atoms with E-state index in [-0.39, 0.29) is 17.9 Å². The molecule has 1 unspecified atom stereocenters. The Labute approximate surface area is 219 Å². The minimum absolute atomic E-state index is 0.0415. The van der Waals surface area contributed by atoms with Crippen molar-refractivity contribution in [3.05, 3.63) is 125 Å². The van der Waals surface area contributed by atoms with Crippen LogP contribution >= 0.6 is 0 Å². The highest BCUT2D eigenvalue weighted by molar-refractivity contribution is 6.46. The summed E-state index contributed by atoms with van der Waals surface area (Å²) in [5.74, 6) is 0.366. The normalized spacial score (nSPS) is 17.8. The van der Waals surface area contributed by atoms with Gasteiger partial charge in [0.2, 0.25) is 0 Å². The number of pyridine rings is 1. The van der Waals surface area contributed by atoms with Crippen molar-refractivity contribution in [3.8, 4) is 17.2 Å². The predicted octanol–water partition coefficient (Wildman–Crippen LogP) is 5.43. The largest absolute Gasteiger partial charge is 0.507 e. The van der Waals surface area contributed by atoms with Gasteiger partial charge in [-0.3, -0.25) is 14.6 Å². The Morgan fingerprint density at radius 3 is 2.55 bits per heavy atom. The van der Waals surface area contributed by atoms with Crippen LogP contribution in [0.25, 0.3) is 5.76 Å². The molecule has 1 aromatic heterocycles. The van der Waals surface area contributed by atoms with Gasteiger partial charge in [-0.25, -0.2) is 0 Å². The van der Waals surface area contributed by atoms with Crippen LogP contribution in [0.4, 0.5) is 0 Å². The smallest absolute Gasteiger partial charge is 0.295 e. The fourth-order valence-corrected chi connectivity index (χ4v) is 4.94. The first kappa shape index (κ1) is 23.5. The maximum absolute atomic E-state index is 13.4. The van der Waals surface area contributed by atoms with Crippen molar-refractivity contribution in [1.29, 1.82) is 0 Å². The number of fused-ring (bicyclic) bond motifs is 1.